The van der Waals surface area contributed by atoms with Crippen LogP contribution < -0.4 is 5.32 Å². The first-order valence-corrected chi connectivity index (χ1v) is 4.92. The molecule has 1 aromatic rings. The van der Waals surface area contributed by atoms with E-state index < -0.39 is 0 Å². The van der Waals surface area contributed by atoms with E-state index in [0.717, 1.165) is 12.8 Å². The third-order valence-electron chi connectivity index (χ3n) is 2.38. The Balaban J connectivity index is 2.59. The molecule has 0 saturated carbocycles. The van der Waals surface area contributed by atoms with E-state index in [1.165, 1.54) is 11.1 Å². The van der Waals surface area contributed by atoms with Crippen molar-refractivity contribution in [2.45, 2.75) is 25.8 Å². The molecular weight excluding hydrogens is 170 g/mol. The predicted octanol–water partition coefficient (Wildman–Crippen LogP) is 2.15. The number of hydrogen-bond acceptors (Lipinski definition) is 1. The molecule has 0 aliphatic rings. The highest BCUT2D eigenvalue weighted by Crippen LogP contribution is 2.07. The Morgan fingerprint density at radius 3 is 2.50 bits per heavy atom. The number of terminal acetylenes is 1. The molecular formula is C13H17N. The second-order valence-corrected chi connectivity index (χ2v) is 3.58. The topological polar surface area (TPSA) is 12.0 Å². The lowest BCUT2D eigenvalue weighted by atomic mass is 10.0. The van der Waals surface area contributed by atoms with Gasteiger partial charge in [0.15, 0.2) is 0 Å². The van der Waals surface area contributed by atoms with Crippen LogP contribution in [0, 0.1) is 19.3 Å². The van der Waals surface area contributed by atoms with E-state index in [-0.39, 0.29) is 0 Å². The van der Waals surface area contributed by atoms with Crippen molar-refractivity contribution in [3.8, 4) is 12.3 Å². The lowest BCUT2D eigenvalue weighted by molar-refractivity contribution is 0.573. The number of benzene rings is 1. The summed E-state index contributed by atoms with van der Waals surface area (Å²) in [6.07, 6.45) is 7.08. The molecule has 0 aliphatic heterocycles. The second-order valence-electron chi connectivity index (χ2n) is 3.58. The van der Waals surface area contributed by atoms with Crippen molar-refractivity contribution in [2.75, 3.05) is 7.05 Å². The van der Waals surface area contributed by atoms with Gasteiger partial charge in [-0.1, -0.05) is 29.8 Å². The molecule has 1 atom stereocenters. The normalized spacial score (nSPS) is 12.1. The van der Waals surface area contributed by atoms with Crippen LogP contribution in [-0.2, 0) is 6.42 Å². The van der Waals surface area contributed by atoms with E-state index >= 15 is 0 Å². The van der Waals surface area contributed by atoms with Gasteiger partial charge < -0.3 is 5.32 Å². The van der Waals surface area contributed by atoms with E-state index in [1.54, 1.807) is 0 Å². The molecule has 1 N–H and O–H groups in total. The maximum atomic E-state index is 5.29. The van der Waals surface area contributed by atoms with Gasteiger partial charge in [0, 0.05) is 12.5 Å². The van der Waals surface area contributed by atoms with Gasteiger partial charge in [0.25, 0.3) is 0 Å². The average Bonchev–Trinajstić information content (AvgIpc) is 2.20. The Labute approximate surface area is 86.5 Å². The molecule has 1 nitrogen and oxygen atoms in total. The van der Waals surface area contributed by atoms with Crippen molar-refractivity contribution >= 4 is 0 Å². The van der Waals surface area contributed by atoms with Crippen LogP contribution in [-0.4, -0.2) is 13.1 Å². The minimum Gasteiger partial charge on any atom is -0.316 e. The monoisotopic (exact) mass is 187 g/mol. The molecule has 0 radical (unpaired) electrons. The van der Waals surface area contributed by atoms with E-state index in [2.05, 4.69) is 42.4 Å². The van der Waals surface area contributed by atoms with Gasteiger partial charge in [-0.3, -0.25) is 0 Å². The zero-order valence-corrected chi connectivity index (χ0v) is 8.88. The van der Waals surface area contributed by atoms with Gasteiger partial charge in [-0.15, -0.1) is 12.3 Å². The summed E-state index contributed by atoms with van der Waals surface area (Å²) >= 11 is 0. The zero-order chi connectivity index (χ0) is 10.4. The Hall–Kier alpha value is -1.26. The third kappa shape index (κ3) is 3.24. The molecule has 1 rings (SSSR count). The highest BCUT2D eigenvalue weighted by Gasteiger charge is 2.04. The summed E-state index contributed by atoms with van der Waals surface area (Å²) in [6, 6.07) is 8.99. The second kappa shape index (κ2) is 5.47. The van der Waals surface area contributed by atoms with Crippen LogP contribution in [0.4, 0.5) is 0 Å². The molecule has 74 valence electrons. The lowest BCUT2D eigenvalue weighted by Crippen LogP contribution is -2.26. The van der Waals surface area contributed by atoms with Crippen molar-refractivity contribution in [1.29, 1.82) is 0 Å². The standard InChI is InChI=1S/C13H17N/c1-4-5-13(14-3)10-12-8-6-11(2)7-9-12/h1,6-9,13-14H,5,10H2,2-3H3. The molecule has 0 aliphatic carbocycles. The summed E-state index contributed by atoms with van der Waals surface area (Å²) in [7, 11) is 1.95. The molecule has 1 unspecified atom stereocenters. The fourth-order valence-corrected chi connectivity index (χ4v) is 1.43. The maximum absolute atomic E-state index is 5.29. The lowest BCUT2D eigenvalue weighted by Gasteiger charge is -2.12. The van der Waals surface area contributed by atoms with Gasteiger partial charge in [-0.25, -0.2) is 0 Å². The van der Waals surface area contributed by atoms with Gasteiger partial charge in [-0.2, -0.15) is 0 Å². The molecule has 0 fully saturated rings. The molecule has 0 amide bonds. The molecule has 0 spiro atoms. The number of hydrogen-bond donors (Lipinski definition) is 1. The van der Waals surface area contributed by atoms with E-state index in [4.69, 9.17) is 6.42 Å². The van der Waals surface area contributed by atoms with Gasteiger partial charge in [0.2, 0.25) is 0 Å². The minimum absolute atomic E-state index is 0.391. The van der Waals surface area contributed by atoms with Crippen LogP contribution in [0.2, 0.25) is 0 Å². The van der Waals surface area contributed by atoms with Crippen molar-refractivity contribution in [2.24, 2.45) is 0 Å². The number of aryl methyl sites for hydroxylation is 1. The van der Waals surface area contributed by atoms with E-state index in [9.17, 15) is 0 Å². The summed E-state index contributed by atoms with van der Waals surface area (Å²) < 4.78 is 0. The van der Waals surface area contributed by atoms with Crippen LogP contribution in [0.1, 0.15) is 17.5 Å². The first-order chi connectivity index (χ1) is 6.76. The van der Waals surface area contributed by atoms with Crippen LogP contribution >= 0.6 is 0 Å². The van der Waals surface area contributed by atoms with E-state index in [1.807, 2.05) is 7.05 Å². The van der Waals surface area contributed by atoms with E-state index in [0.29, 0.717) is 6.04 Å². The summed E-state index contributed by atoms with van der Waals surface area (Å²) in [5, 5.41) is 3.22. The fraction of sp³-hybridized carbons (Fsp3) is 0.385. The predicted molar refractivity (Wildman–Crippen MR) is 61.2 cm³/mol. The molecule has 0 heterocycles. The summed E-state index contributed by atoms with van der Waals surface area (Å²) in [5.74, 6) is 2.69. The summed E-state index contributed by atoms with van der Waals surface area (Å²) in [5.41, 5.74) is 2.64. The quantitative estimate of drug-likeness (QED) is 0.712. The van der Waals surface area contributed by atoms with Crippen molar-refractivity contribution in [3.05, 3.63) is 35.4 Å². The van der Waals surface area contributed by atoms with Crippen LogP contribution in [0.5, 0.6) is 0 Å². The molecule has 1 aromatic carbocycles. The summed E-state index contributed by atoms with van der Waals surface area (Å²) in [6.45, 7) is 2.10. The minimum atomic E-state index is 0.391. The Morgan fingerprint density at radius 2 is 2.00 bits per heavy atom. The SMILES string of the molecule is C#CCC(Cc1ccc(C)cc1)NC. The highest BCUT2D eigenvalue weighted by atomic mass is 14.9. The Kier molecular flexibility index (Phi) is 4.22. The molecule has 0 aromatic heterocycles. The number of rotatable bonds is 4. The molecule has 0 bridgehead atoms. The van der Waals surface area contributed by atoms with Crippen molar-refractivity contribution < 1.29 is 0 Å². The van der Waals surface area contributed by atoms with Gasteiger partial charge >= 0.3 is 0 Å². The zero-order valence-electron chi connectivity index (χ0n) is 8.88. The van der Waals surface area contributed by atoms with Gasteiger partial charge in [-0.05, 0) is 26.0 Å². The molecule has 14 heavy (non-hydrogen) atoms. The van der Waals surface area contributed by atoms with Crippen LogP contribution in [0.25, 0.3) is 0 Å². The number of nitrogens with one attached hydrogen (secondary N) is 1. The first kappa shape index (κ1) is 10.8. The van der Waals surface area contributed by atoms with Gasteiger partial charge in [0.1, 0.15) is 0 Å². The highest BCUT2D eigenvalue weighted by molar-refractivity contribution is 5.22. The van der Waals surface area contributed by atoms with Crippen LogP contribution in [0.15, 0.2) is 24.3 Å². The largest absolute Gasteiger partial charge is 0.316 e. The van der Waals surface area contributed by atoms with Crippen LogP contribution in [0.3, 0.4) is 0 Å². The number of likely N-dealkylation sites (N-methyl/N-ethyl adjacent to an activating group) is 1. The average molecular weight is 187 g/mol. The van der Waals surface area contributed by atoms with Crippen molar-refractivity contribution in [3.63, 3.8) is 0 Å². The first-order valence-electron chi connectivity index (χ1n) is 4.92. The summed E-state index contributed by atoms with van der Waals surface area (Å²) in [4.78, 5) is 0. The smallest absolute Gasteiger partial charge is 0.0243 e. The van der Waals surface area contributed by atoms with Gasteiger partial charge in [0.05, 0.1) is 0 Å². The maximum Gasteiger partial charge on any atom is 0.0243 e. The Bertz CT molecular complexity index is 305. The Morgan fingerprint density at radius 1 is 1.36 bits per heavy atom. The molecule has 0 saturated heterocycles. The van der Waals surface area contributed by atoms with Crippen molar-refractivity contribution in [1.82, 2.24) is 5.32 Å². The molecule has 1 heteroatoms. The third-order valence-corrected chi connectivity index (χ3v) is 2.38. The fourth-order valence-electron chi connectivity index (χ4n) is 1.43.